The summed E-state index contributed by atoms with van der Waals surface area (Å²) in [5, 5.41) is 9.44. The van der Waals surface area contributed by atoms with E-state index in [1.807, 2.05) is 43.6 Å². The van der Waals surface area contributed by atoms with E-state index in [4.69, 9.17) is 0 Å². The summed E-state index contributed by atoms with van der Waals surface area (Å²) < 4.78 is 0. The lowest BCUT2D eigenvalue weighted by Crippen LogP contribution is -2.21. The van der Waals surface area contributed by atoms with Crippen LogP contribution in [-0.4, -0.2) is 28.7 Å². The van der Waals surface area contributed by atoms with E-state index in [0.717, 1.165) is 30.0 Å². The van der Waals surface area contributed by atoms with Gasteiger partial charge in [-0.2, -0.15) is 0 Å². The van der Waals surface area contributed by atoms with Gasteiger partial charge >= 0.3 is 0 Å². The third-order valence-corrected chi connectivity index (χ3v) is 3.07. The largest absolute Gasteiger partial charge is 0.389 e. The van der Waals surface area contributed by atoms with Crippen LogP contribution in [0.15, 0.2) is 42.7 Å². The lowest BCUT2D eigenvalue weighted by atomic mass is 10.2. The van der Waals surface area contributed by atoms with E-state index in [9.17, 15) is 5.11 Å². The molecule has 0 bridgehead atoms. The Morgan fingerprint density at radius 3 is 2.63 bits per heavy atom. The van der Waals surface area contributed by atoms with Crippen molar-refractivity contribution in [3.8, 4) is 0 Å². The molecule has 1 N–H and O–H groups in total. The zero-order valence-electron chi connectivity index (χ0n) is 11.3. The number of hydrogen-bond donors (Lipinski definition) is 1. The Kier molecular flexibility index (Phi) is 4.47. The van der Waals surface area contributed by atoms with Crippen molar-refractivity contribution in [1.82, 2.24) is 9.97 Å². The minimum absolute atomic E-state index is 0.472. The molecule has 2 aromatic rings. The Morgan fingerprint density at radius 1 is 1.21 bits per heavy atom. The summed E-state index contributed by atoms with van der Waals surface area (Å²) in [5.41, 5.74) is 1.91. The maximum atomic E-state index is 9.44. The molecule has 0 aliphatic heterocycles. The molecule has 0 saturated heterocycles. The summed E-state index contributed by atoms with van der Waals surface area (Å²) >= 11 is 0. The van der Waals surface area contributed by atoms with Crippen molar-refractivity contribution in [2.75, 3.05) is 18.5 Å². The molecule has 0 amide bonds. The van der Waals surface area contributed by atoms with Gasteiger partial charge < -0.3 is 10.0 Å². The third-order valence-electron chi connectivity index (χ3n) is 3.07. The third kappa shape index (κ3) is 3.76. The number of likely N-dealkylation sites (N-methyl/N-ethyl adjacent to an activating group) is 1. The first-order valence-electron chi connectivity index (χ1n) is 6.42. The number of anilines is 1. The van der Waals surface area contributed by atoms with Crippen LogP contribution in [0.4, 0.5) is 5.82 Å². The van der Waals surface area contributed by atoms with Crippen LogP contribution in [0.3, 0.4) is 0 Å². The van der Waals surface area contributed by atoms with Crippen LogP contribution >= 0.6 is 0 Å². The zero-order chi connectivity index (χ0) is 13.7. The van der Waals surface area contributed by atoms with Crippen molar-refractivity contribution in [2.45, 2.75) is 19.4 Å². The van der Waals surface area contributed by atoms with Crippen molar-refractivity contribution in [3.05, 3.63) is 54.0 Å². The second-order valence-electron chi connectivity index (χ2n) is 4.62. The smallest absolute Gasteiger partial charge is 0.128 e. The van der Waals surface area contributed by atoms with Crippen LogP contribution in [0.25, 0.3) is 0 Å². The highest BCUT2D eigenvalue weighted by Crippen LogP contribution is 2.15. The second-order valence-corrected chi connectivity index (χ2v) is 4.62. The highest BCUT2D eigenvalue weighted by molar-refractivity contribution is 5.38. The average Bonchev–Trinajstić information content (AvgIpc) is 2.46. The van der Waals surface area contributed by atoms with Crippen LogP contribution < -0.4 is 4.90 Å². The number of aromatic nitrogens is 2. The fraction of sp³-hybridized carbons (Fsp3) is 0.333. The Bertz CT molecular complexity index is 497. The summed E-state index contributed by atoms with van der Waals surface area (Å²) in [5.74, 6) is 0.903. The van der Waals surface area contributed by atoms with Crippen molar-refractivity contribution < 1.29 is 5.11 Å². The van der Waals surface area contributed by atoms with Crippen molar-refractivity contribution in [3.63, 3.8) is 0 Å². The standard InChI is InChI=1S/C15H19N3O/c1-12(19)13-6-7-15(17-11-13)18(2)10-8-14-5-3-4-9-16-14/h3-7,9,11-12,19H,8,10H2,1-2H3. The Balaban J connectivity index is 1.94. The van der Waals surface area contributed by atoms with Crippen molar-refractivity contribution in [1.29, 1.82) is 0 Å². The molecule has 1 unspecified atom stereocenters. The van der Waals surface area contributed by atoms with Gasteiger partial charge in [-0.15, -0.1) is 0 Å². The highest BCUT2D eigenvalue weighted by Gasteiger charge is 2.05. The minimum atomic E-state index is -0.472. The lowest BCUT2D eigenvalue weighted by molar-refractivity contribution is 0.199. The molecule has 0 aliphatic rings. The van der Waals surface area contributed by atoms with Gasteiger partial charge in [0, 0.05) is 38.1 Å². The maximum absolute atomic E-state index is 9.44. The van der Waals surface area contributed by atoms with Gasteiger partial charge in [0.2, 0.25) is 0 Å². The van der Waals surface area contributed by atoms with E-state index in [2.05, 4.69) is 14.9 Å². The van der Waals surface area contributed by atoms with E-state index < -0.39 is 6.10 Å². The van der Waals surface area contributed by atoms with Crippen LogP contribution in [0.1, 0.15) is 24.3 Å². The lowest BCUT2D eigenvalue weighted by Gasteiger charge is -2.18. The molecule has 0 radical (unpaired) electrons. The fourth-order valence-electron chi connectivity index (χ4n) is 1.81. The topological polar surface area (TPSA) is 49.2 Å². The van der Waals surface area contributed by atoms with Crippen molar-refractivity contribution >= 4 is 5.82 Å². The van der Waals surface area contributed by atoms with E-state index in [1.54, 1.807) is 13.1 Å². The summed E-state index contributed by atoms with van der Waals surface area (Å²) in [6, 6.07) is 9.78. The van der Waals surface area contributed by atoms with Crippen LogP contribution in [0.2, 0.25) is 0 Å². The molecule has 1 atom stereocenters. The molecule has 0 saturated carbocycles. The van der Waals surface area contributed by atoms with Crippen LogP contribution in [-0.2, 0) is 6.42 Å². The molecule has 4 heteroatoms. The van der Waals surface area contributed by atoms with Gasteiger partial charge in [-0.25, -0.2) is 4.98 Å². The molecule has 0 aliphatic carbocycles. The molecular weight excluding hydrogens is 238 g/mol. The number of nitrogens with zero attached hydrogens (tertiary/aromatic N) is 3. The number of pyridine rings is 2. The SMILES string of the molecule is CC(O)c1ccc(N(C)CCc2ccccn2)nc1. The predicted molar refractivity (Wildman–Crippen MR) is 76.1 cm³/mol. The van der Waals surface area contributed by atoms with E-state index in [1.165, 1.54) is 0 Å². The van der Waals surface area contributed by atoms with Crippen LogP contribution in [0, 0.1) is 0 Å². The van der Waals surface area contributed by atoms with E-state index >= 15 is 0 Å². The summed E-state index contributed by atoms with van der Waals surface area (Å²) in [4.78, 5) is 10.7. The average molecular weight is 257 g/mol. The molecule has 0 aromatic carbocycles. The molecule has 19 heavy (non-hydrogen) atoms. The fourth-order valence-corrected chi connectivity index (χ4v) is 1.81. The number of rotatable bonds is 5. The van der Waals surface area contributed by atoms with Crippen molar-refractivity contribution in [2.24, 2.45) is 0 Å². The quantitative estimate of drug-likeness (QED) is 0.892. The van der Waals surface area contributed by atoms with E-state index in [-0.39, 0.29) is 0 Å². The molecule has 0 spiro atoms. The molecule has 2 aromatic heterocycles. The molecule has 0 fully saturated rings. The first-order valence-corrected chi connectivity index (χ1v) is 6.42. The second kappa shape index (κ2) is 6.29. The van der Waals surface area contributed by atoms with Crippen LogP contribution in [0.5, 0.6) is 0 Å². The highest BCUT2D eigenvalue weighted by atomic mass is 16.3. The summed E-state index contributed by atoms with van der Waals surface area (Å²) in [6.45, 7) is 2.60. The monoisotopic (exact) mass is 257 g/mol. The Labute approximate surface area is 113 Å². The molecular formula is C15H19N3O. The van der Waals surface area contributed by atoms with Gasteiger partial charge in [0.1, 0.15) is 5.82 Å². The van der Waals surface area contributed by atoms with Gasteiger partial charge in [-0.05, 0) is 30.7 Å². The molecule has 2 rings (SSSR count). The summed E-state index contributed by atoms with van der Waals surface area (Å²) in [6.07, 6.45) is 3.94. The van der Waals surface area contributed by atoms with Gasteiger partial charge in [0.15, 0.2) is 0 Å². The van der Waals surface area contributed by atoms with Gasteiger partial charge in [0.05, 0.1) is 6.10 Å². The Morgan fingerprint density at radius 2 is 2.05 bits per heavy atom. The minimum Gasteiger partial charge on any atom is -0.389 e. The van der Waals surface area contributed by atoms with E-state index in [0.29, 0.717) is 0 Å². The predicted octanol–water partition coefficient (Wildman–Crippen LogP) is 2.21. The first-order chi connectivity index (χ1) is 9.16. The maximum Gasteiger partial charge on any atom is 0.128 e. The van der Waals surface area contributed by atoms with Gasteiger partial charge in [-0.3, -0.25) is 4.98 Å². The molecule has 2 heterocycles. The number of aliphatic hydroxyl groups is 1. The molecule has 4 nitrogen and oxygen atoms in total. The summed E-state index contributed by atoms with van der Waals surface area (Å²) in [7, 11) is 2.01. The zero-order valence-corrected chi connectivity index (χ0v) is 11.3. The Hall–Kier alpha value is -1.94. The number of hydrogen-bond acceptors (Lipinski definition) is 4. The first kappa shape index (κ1) is 13.5. The normalized spacial score (nSPS) is 12.2. The van der Waals surface area contributed by atoms with Gasteiger partial charge in [-0.1, -0.05) is 12.1 Å². The molecule has 100 valence electrons. The van der Waals surface area contributed by atoms with Gasteiger partial charge in [0.25, 0.3) is 0 Å². The number of aliphatic hydroxyl groups excluding tert-OH is 1.